The molecule has 4 radical (unpaired) electrons. The summed E-state index contributed by atoms with van der Waals surface area (Å²) in [5, 5.41) is 0. The van der Waals surface area contributed by atoms with Crippen molar-refractivity contribution in [2.24, 2.45) is 0 Å². The van der Waals surface area contributed by atoms with Gasteiger partial charge in [0.2, 0.25) is 0 Å². The maximum absolute atomic E-state index is 4.45. The molecular weight excluding hydrogens is 309 g/mol. The molecule has 0 aliphatic carbocycles. The summed E-state index contributed by atoms with van der Waals surface area (Å²) in [6.07, 6.45) is 5.40. The van der Waals surface area contributed by atoms with Crippen molar-refractivity contribution in [3.8, 4) is 0 Å². The predicted molar refractivity (Wildman–Crippen MR) is 79.4 cm³/mol. The van der Waals surface area contributed by atoms with Crippen LogP contribution in [0.5, 0.6) is 0 Å². The Labute approximate surface area is 136 Å². The van der Waals surface area contributed by atoms with Crippen molar-refractivity contribution in [2.75, 3.05) is 0 Å². The number of nitrogens with zero attached hydrogens (tertiary/aromatic N) is 3. The van der Waals surface area contributed by atoms with Gasteiger partial charge < -0.3 is 0 Å². The first-order valence-corrected chi connectivity index (χ1v) is 6.18. The van der Waals surface area contributed by atoms with E-state index in [1.165, 1.54) is 0 Å². The molecule has 3 aromatic heterocycles. The second-order valence-corrected chi connectivity index (χ2v) is 4.20. The molecule has 0 aliphatic rings. The molecule has 0 bridgehead atoms. The molecular formula is C16H13BCuN3. The zero-order chi connectivity index (χ0) is 12.9. The third-order valence-corrected chi connectivity index (χ3v) is 2.95. The fourth-order valence-corrected chi connectivity index (χ4v) is 2.09. The van der Waals surface area contributed by atoms with E-state index < -0.39 is 0 Å². The molecule has 3 aromatic rings. The van der Waals surface area contributed by atoms with Gasteiger partial charge in [-0.1, -0.05) is 18.2 Å². The Balaban J connectivity index is 0.00000110. The fourth-order valence-electron chi connectivity index (χ4n) is 2.09. The van der Waals surface area contributed by atoms with Crippen LogP contribution in [0.3, 0.4) is 0 Å². The molecule has 0 aliphatic heterocycles. The summed E-state index contributed by atoms with van der Waals surface area (Å²) in [4.78, 5) is 13.4. The van der Waals surface area contributed by atoms with Gasteiger partial charge in [0.25, 0.3) is 0 Å². The Hall–Kier alpha value is -1.97. The number of rotatable bonds is 3. The first kappa shape index (κ1) is 17.1. The first-order valence-electron chi connectivity index (χ1n) is 6.18. The third-order valence-electron chi connectivity index (χ3n) is 2.95. The SMILES string of the molecule is [B].[Cu].c1ccc(C(c2ccccn2)c2ccccn2)nc1. The molecule has 0 aromatic carbocycles. The monoisotopic (exact) mass is 321 g/mol. The summed E-state index contributed by atoms with van der Waals surface area (Å²) in [5.74, 6) is -0.0244. The largest absolute Gasteiger partial charge is 0.260 e. The summed E-state index contributed by atoms with van der Waals surface area (Å²) in [6.45, 7) is 0. The number of hydrogen-bond acceptors (Lipinski definition) is 3. The van der Waals surface area contributed by atoms with E-state index in [1.54, 1.807) is 18.6 Å². The van der Waals surface area contributed by atoms with E-state index in [2.05, 4.69) is 15.0 Å². The molecule has 0 atom stereocenters. The Morgan fingerprint density at radius 3 is 1.14 bits per heavy atom. The molecule has 21 heavy (non-hydrogen) atoms. The topological polar surface area (TPSA) is 38.7 Å². The molecule has 0 saturated carbocycles. The van der Waals surface area contributed by atoms with Crippen LogP contribution in [0.15, 0.2) is 73.2 Å². The fraction of sp³-hybridized carbons (Fsp3) is 0.0625. The van der Waals surface area contributed by atoms with Crippen LogP contribution in [0.2, 0.25) is 0 Å². The Bertz CT molecular complexity index is 542. The number of aromatic nitrogens is 3. The molecule has 106 valence electrons. The summed E-state index contributed by atoms with van der Waals surface area (Å²) >= 11 is 0. The Morgan fingerprint density at radius 1 is 0.571 bits per heavy atom. The zero-order valence-corrected chi connectivity index (χ0v) is 12.2. The molecule has 3 heterocycles. The Morgan fingerprint density at radius 2 is 0.905 bits per heavy atom. The summed E-state index contributed by atoms with van der Waals surface area (Å²) in [5.41, 5.74) is 2.87. The van der Waals surface area contributed by atoms with E-state index in [-0.39, 0.29) is 31.4 Å². The van der Waals surface area contributed by atoms with Gasteiger partial charge in [0.1, 0.15) is 0 Å². The summed E-state index contributed by atoms with van der Waals surface area (Å²) in [6, 6.07) is 17.7. The minimum absolute atomic E-state index is 0. The van der Waals surface area contributed by atoms with Crippen LogP contribution in [0.1, 0.15) is 23.0 Å². The summed E-state index contributed by atoms with van der Waals surface area (Å²) in [7, 11) is 0. The van der Waals surface area contributed by atoms with Crippen LogP contribution in [-0.2, 0) is 17.1 Å². The van der Waals surface area contributed by atoms with Crippen LogP contribution >= 0.6 is 0 Å². The minimum atomic E-state index is -0.0244. The predicted octanol–water partition coefficient (Wildman–Crippen LogP) is 2.67. The third kappa shape index (κ3) is 4.00. The van der Waals surface area contributed by atoms with Gasteiger partial charge in [-0.25, -0.2) is 0 Å². The quantitative estimate of drug-likeness (QED) is 0.696. The normalized spacial score (nSPS) is 9.57. The van der Waals surface area contributed by atoms with Crippen molar-refractivity contribution in [2.45, 2.75) is 5.92 Å². The molecule has 0 spiro atoms. The van der Waals surface area contributed by atoms with Crippen molar-refractivity contribution in [3.05, 3.63) is 90.3 Å². The molecule has 0 fully saturated rings. The molecule has 0 unspecified atom stereocenters. The number of hydrogen-bond donors (Lipinski definition) is 0. The van der Waals surface area contributed by atoms with Crippen molar-refractivity contribution >= 4 is 8.41 Å². The molecule has 0 saturated heterocycles. The van der Waals surface area contributed by atoms with Crippen LogP contribution in [0.4, 0.5) is 0 Å². The first-order chi connectivity index (χ1) is 9.45. The van der Waals surface area contributed by atoms with E-state index >= 15 is 0 Å². The van der Waals surface area contributed by atoms with Crippen molar-refractivity contribution in [1.29, 1.82) is 0 Å². The maximum atomic E-state index is 4.45. The van der Waals surface area contributed by atoms with Gasteiger partial charge in [-0.15, -0.1) is 0 Å². The van der Waals surface area contributed by atoms with Crippen LogP contribution in [0.25, 0.3) is 0 Å². The van der Waals surface area contributed by atoms with Crippen molar-refractivity contribution in [1.82, 2.24) is 15.0 Å². The molecule has 0 amide bonds. The molecule has 3 rings (SSSR count). The van der Waals surface area contributed by atoms with E-state index in [0.29, 0.717) is 0 Å². The van der Waals surface area contributed by atoms with Crippen molar-refractivity contribution in [3.63, 3.8) is 0 Å². The van der Waals surface area contributed by atoms with Gasteiger partial charge in [0.15, 0.2) is 0 Å². The average molecular weight is 322 g/mol. The maximum Gasteiger partial charge on any atom is 0.0857 e. The van der Waals surface area contributed by atoms with Gasteiger partial charge in [-0.3, -0.25) is 15.0 Å². The second kappa shape index (κ2) is 8.35. The van der Waals surface area contributed by atoms with Gasteiger partial charge in [-0.2, -0.15) is 0 Å². The molecule has 0 N–H and O–H groups in total. The standard InChI is InChI=1S/C16H13N3.B.Cu/c1-4-10-17-13(7-1)16(14-8-2-5-11-18-14)15-9-3-6-12-19-15;;/h1-12,16H;;. The minimum Gasteiger partial charge on any atom is -0.260 e. The zero-order valence-electron chi connectivity index (χ0n) is 11.2. The van der Waals surface area contributed by atoms with E-state index in [9.17, 15) is 0 Å². The second-order valence-electron chi connectivity index (χ2n) is 4.20. The van der Waals surface area contributed by atoms with Crippen LogP contribution in [-0.4, -0.2) is 23.4 Å². The van der Waals surface area contributed by atoms with E-state index in [0.717, 1.165) is 17.1 Å². The Kier molecular flexibility index (Phi) is 6.79. The van der Waals surface area contributed by atoms with Gasteiger partial charge in [-0.05, 0) is 36.4 Å². The van der Waals surface area contributed by atoms with Gasteiger partial charge in [0, 0.05) is 44.1 Å². The molecule has 5 heteroatoms. The smallest absolute Gasteiger partial charge is 0.0857 e. The summed E-state index contributed by atoms with van der Waals surface area (Å²) < 4.78 is 0. The average Bonchev–Trinajstić information content (AvgIpc) is 2.51. The van der Waals surface area contributed by atoms with Gasteiger partial charge in [0.05, 0.1) is 23.0 Å². The van der Waals surface area contributed by atoms with Crippen LogP contribution < -0.4 is 0 Å². The van der Waals surface area contributed by atoms with Crippen LogP contribution in [0, 0.1) is 0 Å². The number of pyridine rings is 3. The molecule has 3 nitrogen and oxygen atoms in total. The van der Waals surface area contributed by atoms with E-state index in [4.69, 9.17) is 0 Å². The van der Waals surface area contributed by atoms with Gasteiger partial charge >= 0.3 is 0 Å². The van der Waals surface area contributed by atoms with Crippen molar-refractivity contribution < 1.29 is 17.1 Å². The van der Waals surface area contributed by atoms with E-state index in [1.807, 2.05) is 54.6 Å².